The van der Waals surface area contributed by atoms with Gasteiger partial charge in [-0.15, -0.1) is 0 Å². The monoisotopic (exact) mass is 934 g/mol. The van der Waals surface area contributed by atoms with Crippen molar-refractivity contribution in [3.05, 3.63) is 294 Å². The topological polar surface area (TPSA) is 17.4 Å². The number of para-hydroxylation sites is 3. The molecule has 15 rings (SSSR count). The maximum atomic E-state index is 6.60. The number of fused-ring (bicyclic) bond motifs is 12. The van der Waals surface area contributed by atoms with Crippen LogP contribution in [0.15, 0.2) is 255 Å². The van der Waals surface area contributed by atoms with Crippen LogP contribution in [-0.2, 0) is 10.8 Å². The summed E-state index contributed by atoms with van der Waals surface area (Å²) < 4.78 is 9.00. The van der Waals surface area contributed by atoms with Crippen molar-refractivity contribution in [2.75, 3.05) is 4.90 Å². The molecule has 0 amide bonds. The lowest BCUT2D eigenvalue weighted by atomic mass is 9.67. The number of hydrogen-bond acceptors (Lipinski definition) is 2. The van der Waals surface area contributed by atoms with E-state index >= 15 is 0 Å². The minimum Gasteiger partial charge on any atom is -0.485 e. The van der Waals surface area contributed by atoms with Crippen molar-refractivity contribution >= 4 is 38.9 Å². The van der Waals surface area contributed by atoms with Gasteiger partial charge in [0.25, 0.3) is 0 Å². The van der Waals surface area contributed by atoms with Crippen LogP contribution in [0.4, 0.5) is 17.1 Å². The summed E-state index contributed by atoms with van der Waals surface area (Å²) in [6, 6.07) is 86.2. The standard InChI is InChI=1S/C70H50N2O/c1-69(2)59-30-14-10-28-56(59)68-55(29-19-32-61(68)69)52-25-11-16-33-63(52)71(48-38-40-65-57(43-48)53-26-12-17-34-64(53)72(65)47-22-7-4-8-23-47)49-37-39-51-50-24-9-15-31-60(50)70(62(51)44-49,45-20-5-3-6-21-45)46-36-41-67-58(42-46)54-27-13-18-35-66(54)73-67/h3-44,54,66H,1-2H3. The highest BCUT2D eigenvalue weighted by Gasteiger charge is 2.48. The van der Waals surface area contributed by atoms with E-state index in [1.165, 1.54) is 94.1 Å². The van der Waals surface area contributed by atoms with Gasteiger partial charge in [0.2, 0.25) is 0 Å². The summed E-state index contributed by atoms with van der Waals surface area (Å²) in [6.45, 7) is 4.75. The van der Waals surface area contributed by atoms with Gasteiger partial charge in [-0.05, 0) is 134 Å². The first-order valence-electron chi connectivity index (χ1n) is 25.7. The van der Waals surface area contributed by atoms with Crippen molar-refractivity contribution in [1.82, 2.24) is 4.57 Å². The van der Waals surface area contributed by atoms with Gasteiger partial charge in [0.15, 0.2) is 0 Å². The number of hydrogen-bond donors (Lipinski definition) is 0. The number of aromatic nitrogens is 1. The van der Waals surface area contributed by atoms with Gasteiger partial charge < -0.3 is 14.2 Å². The molecule has 1 aromatic heterocycles. The van der Waals surface area contributed by atoms with Crippen LogP contribution < -0.4 is 9.64 Å². The molecule has 4 aliphatic rings. The van der Waals surface area contributed by atoms with E-state index in [-0.39, 0.29) is 17.4 Å². The van der Waals surface area contributed by atoms with Gasteiger partial charge in [-0.1, -0.05) is 196 Å². The number of nitrogens with zero attached hydrogens (tertiary/aromatic N) is 2. The molecule has 0 bridgehead atoms. The van der Waals surface area contributed by atoms with E-state index in [9.17, 15) is 0 Å². The Kier molecular flexibility index (Phi) is 9.05. The molecular weight excluding hydrogens is 885 g/mol. The molecule has 2 heterocycles. The van der Waals surface area contributed by atoms with Crippen molar-refractivity contribution in [2.45, 2.75) is 36.7 Å². The lowest BCUT2D eigenvalue weighted by molar-refractivity contribution is 0.269. The third-order valence-corrected chi connectivity index (χ3v) is 16.6. The normalized spacial score (nSPS) is 18.2. The lowest BCUT2D eigenvalue weighted by Crippen LogP contribution is -2.29. The minimum absolute atomic E-state index is 0.00393. The van der Waals surface area contributed by atoms with E-state index in [0.717, 1.165) is 28.5 Å². The highest BCUT2D eigenvalue weighted by molar-refractivity contribution is 6.11. The second kappa shape index (κ2) is 15.8. The summed E-state index contributed by atoms with van der Waals surface area (Å²) in [5, 5.41) is 2.42. The number of anilines is 3. The third kappa shape index (κ3) is 5.94. The Morgan fingerprint density at radius 2 is 1.08 bits per heavy atom. The molecule has 3 unspecified atom stereocenters. The number of rotatable bonds is 7. The van der Waals surface area contributed by atoms with E-state index in [2.05, 4.69) is 278 Å². The summed E-state index contributed by atoms with van der Waals surface area (Å²) in [4.78, 5) is 2.54. The summed E-state index contributed by atoms with van der Waals surface area (Å²) >= 11 is 0. The molecule has 11 aromatic rings. The second-order valence-electron chi connectivity index (χ2n) is 20.7. The largest absolute Gasteiger partial charge is 0.485 e. The summed E-state index contributed by atoms with van der Waals surface area (Å²) in [5.41, 5.74) is 22.5. The van der Waals surface area contributed by atoms with Crippen LogP contribution in [0.25, 0.3) is 60.9 Å². The fraction of sp³-hybridized carbons (Fsp3) is 0.0857. The van der Waals surface area contributed by atoms with Gasteiger partial charge in [0.05, 0.1) is 22.1 Å². The van der Waals surface area contributed by atoms with Gasteiger partial charge >= 0.3 is 0 Å². The first-order valence-corrected chi connectivity index (χ1v) is 25.7. The summed E-state index contributed by atoms with van der Waals surface area (Å²) in [5.74, 6) is 1.12. The fourth-order valence-electron chi connectivity index (χ4n) is 13.4. The quantitative estimate of drug-likeness (QED) is 0.158. The average molecular weight is 935 g/mol. The summed E-state index contributed by atoms with van der Waals surface area (Å²) in [7, 11) is 0. The lowest BCUT2D eigenvalue weighted by Gasteiger charge is -2.35. The Balaban J connectivity index is 1.01. The molecule has 0 spiro atoms. The third-order valence-electron chi connectivity index (χ3n) is 16.6. The molecule has 3 aliphatic carbocycles. The van der Waals surface area contributed by atoms with Crippen LogP contribution in [0.5, 0.6) is 5.75 Å². The molecule has 3 atom stereocenters. The van der Waals surface area contributed by atoms with E-state index in [4.69, 9.17) is 4.74 Å². The molecule has 0 N–H and O–H groups in total. The van der Waals surface area contributed by atoms with Crippen molar-refractivity contribution < 1.29 is 4.74 Å². The van der Waals surface area contributed by atoms with Crippen molar-refractivity contribution in [3.63, 3.8) is 0 Å². The van der Waals surface area contributed by atoms with Gasteiger partial charge in [-0.2, -0.15) is 0 Å². The Hall–Kier alpha value is -8.92. The minimum atomic E-state index is -0.641. The van der Waals surface area contributed by atoms with Crippen molar-refractivity contribution in [3.8, 4) is 44.8 Å². The number of ether oxygens (including phenoxy) is 1. The Bertz CT molecular complexity index is 4120. The molecule has 0 radical (unpaired) electrons. The predicted octanol–water partition coefficient (Wildman–Crippen LogP) is 17.6. The number of benzene rings is 10. The highest BCUT2D eigenvalue weighted by atomic mass is 16.5. The molecule has 346 valence electrons. The van der Waals surface area contributed by atoms with E-state index in [1.807, 2.05) is 0 Å². The molecule has 3 nitrogen and oxygen atoms in total. The maximum Gasteiger partial charge on any atom is 0.128 e. The van der Waals surface area contributed by atoms with Crippen LogP contribution >= 0.6 is 0 Å². The first kappa shape index (κ1) is 41.8. The zero-order valence-corrected chi connectivity index (χ0v) is 40.7. The van der Waals surface area contributed by atoms with Crippen LogP contribution in [0, 0.1) is 0 Å². The zero-order valence-electron chi connectivity index (χ0n) is 40.7. The van der Waals surface area contributed by atoms with Crippen LogP contribution in [0.3, 0.4) is 0 Å². The van der Waals surface area contributed by atoms with Gasteiger partial charge in [0.1, 0.15) is 11.9 Å². The molecule has 0 saturated carbocycles. The van der Waals surface area contributed by atoms with Crippen molar-refractivity contribution in [2.24, 2.45) is 0 Å². The SMILES string of the molecule is CC1(C)c2ccccc2-c2c(-c3ccccc3N(c3ccc4c(c3)C(c3ccccc3)(c3ccc5c(c3)C3C=CC=CC3O5)c3ccccc3-4)c3ccc4c(c3)c3ccccc3n4-c3ccccc3)cccc21. The summed E-state index contributed by atoms with van der Waals surface area (Å²) in [6.07, 6.45) is 8.76. The van der Waals surface area contributed by atoms with Crippen molar-refractivity contribution in [1.29, 1.82) is 0 Å². The zero-order chi connectivity index (χ0) is 48.4. The Morgan fingerprint density at radius 3 is 1.95 bits per heavy atom. The second-order valence-corrected chi connectivity index (χ2v) is 20.7. The highest BCUT2D eigenvalue weighted by Crippen LogP contribution is 2.60. The molecule has 1 aliphatic heterocycles. The van der Waals surface area contributed by atoms with Crippen LogP contribution in [-0.4, -0.2) is 10.7 Å². The molecule has 0 saturated heterocycles. The smallest absolute Gasteiger partial charge is 0.128 e. The van der Waals surface area contributed by atoms with E-state index in [0.29, 0.717) is 0 Å². The molecule has 3 heteroatoms. The van der Waals surface area contributed by atoms with Crippen LogP contribution in [0.1, 0.15) is 58.7 Å². The predicted molar refractivity (Wildman–Crippen MR) is 301 cm³/mol. The Labute approximate surface area is 426 Å². The first-order chi connectivity index (χ1) is 36.0. The Morgan fingerprint density at radius 1 is 0.438 bits per heavy atom. The van der Waals surface area contributed by atoms with E-state index in [1.54, 1.807) is 0 Å². The van der Waals surface area contributed by atoms with Gasteiger partial charge in [-0.3, -0.25) is 0 Å². The molecule has 10 aromatic carbocycles. The van der Waals surface area contributed by atoms with Gasteiger partial charge in [0, 0.05) is 50.3 Å². The van der Waals surface area contributed by atoms with Gasteiger partial charge in [-0.25, -0.2) is 0 Å². The molecule has 0 fully saturated rings. The van der Waals surface area contributed by atoms with E-state index < -0.39 is 5.41 Å². The fourth-order valence-corrected chi connectivity index (χ4v) is 13.4. The number of allylic oxidation sites excluding steroid dienone is 2. The maximum absolute atomic E-state index is 6.60. The molecule has 73 heavy (non-hydrogen) atoms. The average Bonchev–Trinajstić information content (AvgIpc) is 4.15. The van der Waals surface area contributed by atoms with Crippen LogP contribution in [0.2, 0.25) is 0 Å². The molecular formula is C70H50N2O.